The SMILES string of the molecule is N=C(/N=C(\N=C\c1cccc2oc3ccc(-c4ccc(-c5cccc6c5C5(c7ccccc7-c7ccccc75)c5ccccc5-6)cc4)cc3c12)c1ccc2c(c1)oc1ccccc12)c1cccc2oc3ccccc3c12. The molecule has 2 aliphatic carbocycles. The quantitative estimate of drug-likeness (QED) is 0.138. The first-order valence-corrected chi connectivity index (χ1v) is 25.6. The van der Waals surface area contributed by atoms with Gasteiger partial charge in [-0.15, -0.1) is 0 Å². The minimum atomic E-state index is -0.441. The van der Waals surface area contributed by atoms with Gasteiger partial charge in [0.15, 0.2) is 11.7 Å². The Labute approximate surface area is 435 Å². The molecule has 0 amide bonds. The molecule has 0 unspecified atom stereocenters. The van der Waals surface area contributed by atoms with Crippen LogP contribution >= 0.6 is 0 Å². The molecule has 0 saturated heterocycles. The molecule has 11 aromatic carbocycles. The van der Waals surface area contributed by atoms with E-state index in [1.807, 2.05) is 97.2 Å². The van der Waals surface area contributed by atoms with Crippen molar-refractivity contribution in [2.45, 2.75) is 5.41 Å². The highest BCUT2D eigenvalue weighted by molar-refractivity contribution is 6.22. The van der Waals surface area contributed by atoms with E-state index in [4.69, 9.17) is 23.2 Å². The maximum Gasteiger partial charge on any atom is 0.161 e. The van der Waals surface area contributed by atoms with E-state index in [0.717, 1.165) is 71.3 Å². The van der Waals surface area contributed by atoms with Gasteiger partial charge in [0, 0.05) is 55.2 Å². The van der Waals surface area contributed by atoms with Crippen molar-refractivity contribution < 1.29 is 13.3 Å². The van der Waals surface area contributed by atoms with Crippen molar-refractivity contribution >= 4 is 83.7 Å². The zero-order valence-corrected chi connectivity index (χ0v) is 40.7. The molecule has 0 bridgehead atoms. The third-order valence-corrected chi connectivity index (χ3v) is 15.9. The van der Waals surface area contributed by atoms with Crippen LogP contribution in [0.3, 0.4) is 0 Å². The molecule has 0 radical (unpaired) electrons. The van der Waals surface area contributed by atoms with E-state index in [2.05, 4.69) is 146 Å². The fourth-order valence-electron chi connectivity index (χ4n) is 12.7. The van der Waals surface area contributed by atoms with Gasteiger partial charge in [-0.25, -0.2) is 9.98 Å². The third kappa shape index (κ3) is 6.06. The molecule has 0 aliphatic heterocycles. The average molecular weight is 972 g/mol. The van der Waals surface area contributed by atoms with Crippen molar-refractivity contribution in [3.8, 4) is 44.5 Å². The number of benzene rings is 11. The van der Waals surface area contributed by atoms with Crippen molar-refractivity contribution in [2.24, 2.45) is 9.98 Å². The lowest BCUT2D eigenvalue weighted by molar-refractivity contribution is 0.668. The van der Waals surface area contributed by atoms with Gasteiger partial charge < -0.3 is 13.3 Å². The van der Waals surface area contributed by atoms with Gasteiger partial charge in [-0.1, -0.05) is 188 Å². The topological polar surface area (TPSA) is 88.0 Å². The number of hydrogen-bond donors (Lipinski definition) is 1. The molecule has 354 valence electrons. The summed E-state index contributed by atoms with van der Waals surface area (Å²) in [7, 11) is 0. The summed E-state index contributed by atoms with van der Waals surface area (Å²) >= 11 is 0. The number of furan rings is 3. The second-order valence-corrected chi connectivity index (χ2v) is 19.9. The zero-order chi connectivity index (χ0) is 50.1. The van der Waals surface area contributed by atoms with Gasteiger partial charge in [-0.05, 0) is 115 Å². The van der Waals surface area contributed by atoms with Crippen LogP contribution in [-0.4, -0.2) is 17.9 Å². The number of para-hydroxylation sites is 2. The Bertz CT molecular complexity index is 4790. The molecule has 0 saturated carbocycles. The first-order valence-electron chi connectivity index (χ1n) is 25.6. The largest absolute Gasteiger partial charge is 0.456 e. The molecule has 0 fully saturated rings. The Morgan fingerprint density at radius 2 is 0.908 bits per heavy atom. The van der Waals surface area contributed by atoms with Gasteiger partial charge in [-0.2, -0.15) is 0 Å². The summed E-state index contributed by atoms with van der Waals surface area (Å²) in [5.41, 5.74) is 21.4. The lowest BCUT2D eigenvalue weighted by atomic mass is 9.68. The predicted molar refractivity (Wildman–Crippen MR) is 309 cm³/mol. The molecule has 3 aromatic heterocycles. The third-order valence-electron chi connectivity index (χ3n) is 15.9. The number of nitrogens with one attached hydrogen (secondary N) is 1. The lowest BCUT2D eigenvalue weighted by Crippen LogP contribution is -2.26. The summed E-state index contributed by atoms with van der Waals surface area (Å²) in [6, 6.07) is 83.0. The van der Waals surface area contributed by atoms with E-state index in [1.165, 1.54) is 55.6 Å². The molecule has 2 aliphatic rings. The van der Waals surface area contributed by atoms with Gasteiger partial charge in [0.05, 0.1) is 5.41 Å². The molecule has 1 spiro atoms. The standard InChI is InChI=1S/C70H41N3O3/c71-68(54-22-13-29-63-66(54)53-19-5-10-27-60(53)74-63)73-69(44-34-36-51-50-18-4-9-26-59(50)76-64(51)39-44)72-40-45-14-11-28-62-65(45)55-38-43(35-37-61(55)75-62)41-30-32-42(33-31-41)46-20-12-21-52-49-17-3-8-25-58(49)70(67(46)52)56-23-6-1-15-47(56)48-16-2-7-24-57(48)70/h1-40,71H/b71-68?,72-40+,73-69-. The maximum atomic E-state index is 9.53. The normalized spacial score (nSPS) is 13.4. The van der Waals surface area contributed by atoms with Crippen LogP contribution in [0.4, 0.5) is 0 Å². The summed E-state index contributed by atoms with van der Waals surface area (Å²) < 4.78 is 19.1. The van der Waals surface area contributed by atoms with Gasteiger partial charge in [-0.3, -0.25) is 5.41 Å². The molecule has 6 heteroatoms. The maximum absolute atomic E-state index is 9.53. The van der Waals surface area contributed by atoms with Crippen LogP contribution in [0.5, 0.6) is 0 Å². The highest BCUT2D eigenvalue weighted by Crippen LogP contribution is 2.64. The van der Waals surface area contributed by atoms with E-state index < -0.39 is 5.41 Å². The van der Waals surface area contributed by atoms with Crippen LogP contribution < -0.4 is 0 Å². The number of rotatable bonds is 5. The van der Waals surface area contributed by atoms with Gasteiger partial charge >= 0.3 is 0 Å². The summed E-state index contributed by atoms with van der Waals surface area (Å²) in [6.45, 7) is 0. The van der Waals surface area contributed by atoms with Crippen molar-refractivity contribution in [3.63, 3.8) is 0 Å². The zero-order valence-electron chi connectivity index (χ0n) is 40.7. The Balaban J connectivity index is 0.795. The van der Waals surface area contributed by atoms with Crippen molar-refractivity contribution in [1.29, 1.82) is 5.41 Å². The van der Waals surface area contributed by atoms with Gasteiger partial charge in [0.25, 0.3) is 0 Å². The summed E-state index contributed by atoms with van der Waals surface area (Å²) in [4.78, 5) is 10.2. The van der Waals surface area contributed by atoms with E-state index in [9.17, 15) is 5.41 Å². The summed E-state index contributed by atoms with van der Waals surface area (Å²) in [6.07, 6.45) is 1.84. The van der Waals surface area contributed by atoms with Crippen molar-refractivity contribution in [2.75, 3.05) is 0 Å². The first kappa shape index (κ1) is 42.3. The molecule has 6 nitrogen and oxygen atoms in total. The molecule has 1 N–H and O–H groups in total. The highest BCUT2D eigenvalue weighted by atomic mass is 16.3. The molecule has 76 heavy (non-hydrogen) atoms. The monoisotopic (exact) mass is 971 g/mol. The Morgan fingerprint density at radius 3 is 1.66 bits per heavy atom. The Kier molecular flexibility index (Phi) is 9.01. The highest BCUT2D eigenvalue weighted by Gasteiger charge is 2.52. The number of fused-ring (bicyclic) bond motifs is 19. The molecule has 14 aromatic rings. The van der Waals surface area contributed by atoms with Crippen LogP contribution in [0.15, 0.2) is 260 Å². The van der Waals surface area contributed by atoms with Crippen LogP contribution in [0.1, 0.15) is 38.9 Å². The molecule has 3 heterocycles. The predicted octanol–water partition coefficient (Wildman–Crippen LogP) is 18.0. The van der Waals surface area contributed by atoms with Gasteiger partial charge in [0.2, 0.25) is 0 Å². The van der Waals surface area contributed by atoms with Crippen LogP contribution in [0.2, 0.25) is 0 Å². The average Bonchev–Trinajstić information content (AvgIpc) is 4.32. The summed E-state index contributed by atoms with van der Waals surface area (Å²) in [5.74, 6) is 0.426. The first-order chi connectivity index (χ1) is 37.6. The minimum Gasteiger partial charge on any atom is -0.456 e. The van der Waals surface area contributed by atoms with Crippen LogP contribution in [0.25, 0.3) is 110 Å². The van der Waals surface area contributed by atoms with Crippen molar-refractivity contribution in [1.82, 2.24) is 0 Å². The number of aliphatic imine (C=N–C) groups is 2. The van der Waals surface area contributed by atoms with Crippen LogP contribution in [0, 0.1) is 5.41 Å². The molecular weight excluding hydrogens is 931 g/mol. The fraction of sp³-hybridized carbons (Fsp3) is 0.0143. The minimum absolute atomic E-state index is 0.0621. The van der Waals surface area contributed by atoms with E-state index in [0.29, 0.717) is 28.1 Å². The number of amidine groups is 2. The second kappa shape index (κ2) is 16.2. The second-order valence-electron chi connectivity index (χ2n) is 19.9. The van der Waals surface area contributed by atoms with E-state index >= 15 is 0 Å². The van der Waals surface area contributed by atoms with Crippen molar-refractivity contribution in [3.05, 3.63) is 276 Å². The molecule has 16 rings (SSSR count). The lowest BCUT2D eigenvalue weighted by Gasteiger charge is -2.32. The molecular formula is C70H41N3O3. The Morgan fingerprint density at radius 1 is 0.382 bits per heavy atom. The Hall–Kier alpha value is -10.2. The van der Waals surface area contributed by atoms with E-state index in [1.54, 1.807) is 0 Å². The smallest absolute Gasteiger partial charge is 0.161 e. The fourth-order valence-corrected chi connectivity index (χ4v) is 12.7. The number of nitrogens with zero attached hydrogens (tertiary/aromatic N) is 2. The molecule has 0 atom stereocenters. The number of hydrogen-bond acceptors (Lipinski definition) is 4. The van der Waals surface area contributed by atoms with Gasteiger partial charge in [0.1, 0.15) is 33.5 Å². The van der Waals surface area contributed by atoms with E-state index in [-0.39, 0.29) is 5.84 Å². The van der Waals surface area contributed by atoms with Crippen LogP contribution in [-0.2, 0) is 5.41 Å². The summed E-state index contributed by atoms with van der Waals surface area (Å²) in [5, 5.41) is 15.2.